The lowest BCUT2D eigenvalue weighted by Gasteiger charge is -2.19. The average Bonchev–Trinajstić information content (AvgIpc) is 4.22. The van der Waals surface area contributed by atoms with Crippen molar-refractivity contribution in [3.8, 4) is 22.5 Å². The summed E-state index contributed by atoms with van der Waals surface area (Å²) >= 11 is 2.99. The molecule has 0 bridgehead atoms. The maximum atomic E-state index is 12.8. The Morgan fingerprint density at radius 3 is 1.47 bits per heavy atom. The largest absolute Gasteiger partial charge is 0.444 e. The van der Waals surface area contributed by atoms with E-state index in [1.54, 1.807) is 46.5 Å². The van der Waals surface area contributed by atoms with Gasteiger partial charge in [0.05, 0.1) is 68.0 Å². The van der Waals surface area contributed by atoms with Crippen LogP contribution in [0.4, 0.5) is 28.1 Å². The molecule has 6 heterocycles. The Morgan fingerprint density at radius 2 is 1.06 bits per heavy atom. The highest BCUT2D eigenvalue weighted by Crippen LogP contribution is 2.31. The van der Waals surface area contributed by atoms with Crippen LogP contribution in [0.5, 0.6) is 0 Å². The van der Waals surface area contributed by atoms with Gasteiger partial charge in [-0.2, -0.15) is 10.2 Å². The standard InChI is InChI=1S/C31H39N7O3S.C26H31N7OS/c1-20-16-22(9-8-21(20)10-11-25(39)26-18-34-27(42-26)30(2,3)4)24-12-13-32-28(37-24)36-23-17-35-38(19-23)15-14-33-29(40)41-31(5,6)7;1-17-13-19(21-9-11-28-25(32-21)31-20-14-30-33(16-20)12-10-27)6-5-18(17)7-8-22(34)23-15-29-24(35-23)26(2,3)4/h8-9,12-13,16-19H,10-11,14-15H2,1-7H3,(H,33,40)(H,32,36,37);5-6,9,11,13-16H,7-8,10,12,27H2,1-4H3,(H,28,31,32). The number of ether oxygens (including phenoxy) is 1. The van der Waals surface area contributed by atoms with Gasteiger partial charge in [-0.25, -0.2) is 34.7 Å². The van der Waals surface area contributed by atoms with E-state index in [1.165, 1.54) is 22.7 Å². The second-order valence-electron chi connectivity index (χ2n) is 21.7. The van der Waals surface area contributed by atoms with E-state index in [-0.39, 0.29) is 22.4 Å². The number of carbonyl (C=O) groups is 3. The highest BCUT2D eigenvalue weighted by Gasteiger charge is 2.22. The Kier molecular flexibility index (Phi) is 18.6. The number of amides is 1. The van der Waals surface area contributed by atoms with Gasteiger partial charge in [-0.3, -0.25) is 19.0 Å². The predicted molar refractivity (Wildman–Crippen MR) is 306 cm³/mol. The van der Waals surface area contributed by atoms with E-state index in [4.69, 9.17) is 10.5 Å². The van der Waals surface area contributed by atoms with Crippen molar-refractivity contribution in [3.63, 3.8) is 0 Å². The van der Waals surface area contributed by atoms with Crippen LogP contribution in [0.1, 0.15) is 127 Å². The summed E-state index contributed by atoms with van der Waals surface area (Å²) in [7, 11) is 0. The van der Waals surface area contributed by atoms with Crippen LogP contribution in [0.3, 0.4) is 0 Å². The van der Waals surface area contributed by atoms with E-state index in [0.29, 0.717) is 63.8 Å². The molecule has 0 spiro atoms. The van der Waals surface area contributed by atoms with Crippen LogP contribution >= 0.6 is 22.7 Å². The number of carbonyl (C=O) groups excluding carboxylic acids is 3. The zero-order valence-corrected chi connectivity index (χ0v) is 47.5. The summed E-state index contributed by atoms with van der Waals surface area (Å²) in [6.07, 6.45) is 15.8. The molecule has 6 aromatic heterocycles. The van der Waals surface area contributed by atoms with Gasteiger partial charge < -0.3 is 26.4 Å². The van der Waals surface area contributed by atoms with E-state index in [9.17, 15) is 14.4 Å². The number of aryl methyl sites for hydroxylation is 4. The van der Waals surface area contributed by atoms with E-state index in [2.05, 4.69) is 136 Å². The summed E-state index contributed by atoms with van der Waals surface area (Å²) in [5.74, 6) is 1.22. The summed E-state index contributed by atoms with van der Waals surface area (Å²) in [5, 5.41) is 19.7. The van der Waals surface area contributed by atoms with Crippen LogP contribution in [0, 0.1) is 13.8 Å². The second kappa shape index (κ2) is 25.1. The molecule has 5 N–H and O–H groups in total. The Hall–Kier alpha value is -7.55. The first-order valence-corrected chi connectivity index (χ1v) is 27.2. The van der Waals surface area contributed by atoms with Gasteiger partial charge >= 0.3 is 6.09 Å². The van der Waals surface area contributed by atoms with Crippen molar-refractivity contribution in [1.82, 2.24) is 54.8 Å². The van der Waals surface area contributed by atoms with Gasteiger partial charge in [0, 0.05) is 85.1 Å². The molecule has 404 valence electrons. The quantitative estimate of drug-likeness (QED) is 0.0551. The second-order valence-corrected chi connectivity index (χ2v) is 23.7. The fraction of sp³-hybridized carbons (Fsp3) is 0.386. The van der Waals surface area contributed by atoms with Crippen LogP contribution in [-0.4, -0.2) is 85.8 Å². The number of ketones is 2. The van der Waals surface area contributed by atoms with Crippen molar-refractivity contribution >= 4 is 63.6 Å². The highest BCUT2D eigenvalue weighted by atomic mass is 32.1. The molecule has 2 aromatic carbocycles. The molecule has 0 unspecified atom stereocenters. The molecule has 0 aliphatic rings. The van der Waals surface area contributed by atoms with Gasteiger partial charge in [-0.15, -0.1) is 22.7 Å². The Bertz CT molecular complexity index is 3300. The van der Waals surface area contributed by atoms with Crippen molar-refractivity contribution in [3.05, 3.63) is 140 Å². The Balaban J connectivity index is 0.000000227. The molecule has 20 heteroatoms. The van der Waals surface area contributed by atoms with Crippen LogP contribution in [0.25, 0.3) is 22.5 Å². The minimum Gasteiger partial charge on any atom is -0.444 e. The van der Waals surface area contributed by atoms with Gasteiger partial charge in [0.15, 0.2) is 11.6 Å². The zero-order valence-electron chi connectivity index (χ0n) is 45.9. The molecular weight excluding hydrogens is 1010 g/mol. The third-order valence-corrected chi connectivity index (χ3v) is 14.7. The number of Topliss-reactive ketones (excluding diaryl/α,β-unsaturated/α-hetero) is 2. The minimum absolute atomic E-state index is 0.0432. The van der Waals surface area contributed by atoms with E-state index < -0.39 is 11.7 Å². The smallest absolute Gasteiger partial charge is 0.407 e. The van der Waals surface area contributed by atoms with E-state index in [0.717, 1.165) is 75.9 Å². The van der Waals surface area contributed by atoms with Crippen LogP contribution < -0.4 is 21.7 Å². The maximum absolute atomic E-state index is 12.8. The predicted octanol–water partition coefficient (Wildman–Crippen LogP) is 11.4. The van der Waals surface area contributed by atoms with Gasteiger partial charge in [0.1, 0.15) is 5.60 Å². The van der Waals surface area contributed by atoms with Gasteiger partial charge in [0.2, 0.25) is 11.9 Å². The monoisotopic (exact) mass is 1080 g/mol. The Morgan fingerprint density at radius 1 is 0.610 bits per heavy atom. The van der Waals surface area contributed by atoms with Crippen molar-refractivity contribution in [2.45, 2.75) is 131 Å². The molecule has 8 aromatic rings. The number of rotatable bonds is 19. The number of alkyl carbamates (subject to hydrolysis) is 1. The van der Waals surface area contributed by atoms with Crippen molar-refractivity contribution < 1.29 is 19.1 Å². The lowest BCUT2D eigenvalue weighted by molar-refractivity contribution is 0.0525. The highest BCUT2D eigenvalue weighted by molar-refractivity contribution is 7.14. The summed E-state index contributed by atoms with van der Waals surface area (Å²) in [6.45, 7) is 24.3. The van der Waals surface area contributed by atoms with Crippen molar-refractivity contribution in [1.29, 1.82) is 0 Å². The van der Waals surface area contributed by atoms with E-state index >= 15 is 0 Å². The summed E-state index contributed by atoms with van der Waals surface area (Å²) in [6, 6.07) is 16.2. The molecule has 0 saturated heterocycles. The molecule has 0 saturated carbocycles. The van der Waals surface area contributed by atoms with Crippen LogP contribution in [0.2, 0.25) is 0 Å². The van der Waals surface area contributed by atoms with Crippen LogP contribution in [-0.2, 0) is 41.5 Å². The summed E-state index contributed by atoms with van der Waals surface area (Å²) in [5.41, 5.74) is 14.6. The van der Waals surface area contributed by atoms with Gasteiger partial charge in [0.25, 0.3) is 0 Å². The van der Waals surface area contributed by atoms with E-state index in [1.807, 2.05) is 57.4 Å². The number of nitrogens with one attached hydrogen (secondary N) is 3. The van der Waals surface area contributed by atoms with Crippen LogP contribution in [0.15, 0.2) is 98.1 Å². The number of hydrogen-bond donors (Lipinski definition) is 4. The zero-order chi connectivity index (χ0) is 55.5. The maximum Gasteiger partial charge on any atom is 0.407 e. The normalized spacial score (nSPS) is 11.7. The van der Waals surface area contributed by atoms with Crippen molar-refractivity contribution in [2.24, 2.45) is 5.73 Å². The molecule has 0 fully saturated rings. The Labute approximate surface area is 458 Å². The number of aromatic nitrogens is 10. The fourth-order valence-electron chi connectivity index (χ4n) is 7.75. The van der Waals surface area contributed by atoms with Crippen molar-refractivity contribution in [2.75, 3.05) is 23.7 Å². The lowest BCUT2D eigenvalue weighted by atomic mass is 9.98. The summed E-state index contributed by atoms with van der Waals surface area (Å²) in [4.78, 5) is 65.7. The third kappa shape index (κ3) is 16.7. The molecule has 8 rings (SSSR count). The number of nitrogens with two attached hydrogens (primary N) is 1. The number of nitrogens with zero attached hydrogens (tertiary/aromatic N) is 10. The first-order valence-electron chi connectivity index (χ1n) is 25.6. The molecule has 0 aliphatic carbocycles. The lowest BCUT2D eigenvalue weighted by Crippen LogP contribution is -2.34. The number of benzene rings is 2. The molecule has 18 nitrogen and oxygen atoms in total. The first kappa shape index (κ1) is 57.2. The molecular formula is C57H70N14O4S2. The molecule has 0 atom stereocenters. The molecule has 0 radical (unpaired) electrons. The average molecular weight is 1080 g/mol. The SMILES string of the molecule is Cc1cc(-c2ccnc(Nc3cnn(CCN)c3)n2)ccc1CCC(=O)c1cnc(C(C)(C)C)s1.Cc1cc(-c2ccnc(Nc3cnn(CCNC(=O)OC(C)(C)C)c3)n2)ccc1CCC(=O)c1cnc(C(C)(C)C)s1. The first-order chi connectivity index (χ1) is 36.5. The fourth-order valence-corrected chi connectivity index (χ4v) is 9.63. The molecule has 0 aliphatic heterocycles. The van der Waals surface area contributed by atoms with Gasteiger partial charge in [-0.05, 0) is 94.0 Å². The van der Waals surface area contributed by atoms with Gasteiger partial charge in [-0.1, -0.05) is 65.8 Å². The topological polar surface area (TPSA) is 236 Å². The third-order valence-electron chi connectivity index (χ3n) is 11.8. The minimum atomic E-state index is -0.540. The number of thiazole rings is 2. The number of hydrogen-bond acceptors (Lipinski definition) is 17. The molecule has 1 amide bonds. The summed E-state index contributed by atoms with van der Waals surface area (Å²) < 4.78 is 8.74. The molecule has 77 heavy (non-hydrogen) atoms. The number of anilines is 4.